The van der Waals surface area contributed by atoms with E-state index in [1.807, 2.05) is 58.6 Å². The van der Waals surface area contributed by atoms with Crippen molar-refractivity contribution in [2.45, 2.75) is 6.61 Å². The molecule has 0 spiro atoms. The summed E-state index contributed by atoms with van der Waals surface area (Å²) in [5, 5.41) is 4.64. The monoisotopic (exact) mass is 489 g/mol. The van der Waals surface area contributed by atoms with Crippen molar-refractivity contribution in [3.8, 4) is 38.6 Å². The largest absolute Gasteiger partial charge is 0.496 e. The molecule has 0 aliphatic rings. The lowest BCUT2D eigenvalue weighted by Crippen LogP contribution is -1.96. The highest BCUT2D eigenvalue weighted by Crippen LogP contribution is 2.38. The number of aromatic nitrogens is 3. The molecule has 6 rings (SSSR count). The fraction of sp³-hybridized carbons (Fsp3) is 0.120. The van der Waals surface area contributed by atoms with Gasteiger partial charge in [0.1, 0.15) is 34.4 Å². The molecule has 0 saturated carbocycles. The fourth-order valence-corrected chi connectivity index (χ4v) is 5.27. The molecule has 4 aromatic heterocycles. The number of imidazole rings is 1. The van der Waals surface area contributed by atoms with Gasteiger partial charge in [0, 0.05) is 29.3 Å². The molecular weight excluding hydrogens is 470 g/mol. The van der Waals surface area contributed by atoms with Crippen molar-refractivity contribution in [2.75, 3.05) is 14.2 Å². The van der Waals surface area contributed by atoms with Crippen molar-refractivity contribution < 1.29 is 18.6 Å². The third-order valence-corrected chi connectivity index (χ3v) is 7.24. The predicted octanol–water partition coefficient (Wildman–Crippen LogP) is 6.53. The Morgan fingerprint density at radius 2 is 1.88 bits per heavy atom. The normalized spacial score (nSPS) is 11.4. The summed E-state index contributed by atoms with van der Waals surface area (Å²) in [5.74, 6) is 1.98. The van der Waals surface area contributed by atoms with Crippen LogP contribution in [0.3, 0.4) is 0 Å². The highest BCUT2D eigenvalue weighted by Gasteiger charge is 2.17. The molecule has 0 aliphatic heterocycles. The molecule has 0 radical (unpaired) electrons. The quantitative estimate of drug-likeness (QED) is 0.254. The first-order valence-electron chi connectivity index (χ1n) is 10.5. The third kappa shape index (κ3) is 3.78. The van der Waals surface area contributed by atoms with Crippen LogP contribution in [-0.4, -0.2) is 28.6 Å². The molecule has 0 atom stereocenters. The maximum Gasteiger partial charge on any atom is 0.197 e. The van der Waals surface area contributed by atoms with Crippen molar-refractivity contribution in [2.24, 2.45) is 0 Å². The molecular formula is C25H19N3O4S2. The molecule has 170 valence electrons. The first kappa shape index (κ1) is 20.8. The van der Waals surface area contributed by atoms with Crippen molar-refractivity contribution in [3.63, 3.8) is 0 Å². The van der Waals surface area contributed by atoms with E-state index in [1.54, 1.807) is 25.6 Å². The van der Waals surface area contributed by atoms with Crippen LogP contribution in [0.4, 0.5) is 0 Å². The van der Waals surface area contributed by atoms with E-state index >= 15 is 0 Å². The molecule has 7 nitrogen and oxygen atoms in total. The van der Waals surface area contributed by atoms with E-state index in [0.29, 0.717) is 29.4 Å². The molecule has 4 heterocycles. The van der Waals surface area contributed by atoms with Crippen molar-refractivity contribution >= 4 is 38.6 Å². The highest BCUT2D eigenvalue weighted by molar-refractivity contribution is 7.18. The zero-order valence-electron chi connectivity index (χ0n) is 18.3. The van der Waals surface area contributed by atoms with E-state index in [4.69, 9.17) is 23.6 Å². The van der Waals surface area contributed by atoms with Crippen LogP contribution in [0, 0.1) is 0 Å². The lowest BCUT2D eigenvalue weighted by Gasteiger charge is -2.07. The molecule has 6 aromatic rings. The Bertz CT molecular complexity index is 1570. The van der Waals surface area contributed by atoms with Gasteiger partial charge in [0.25, 0.3) is 0 Å². The van der Waals surface area contributed by atoms with Crippen LogP contribution in [0.2, 0.25) is 0 Å². The number of hydrogen-bond acceptors (Lipinski definition) is 8. The van der Waals surface area contributed by atoms with Crippen LogP contribution in [-0.2, 0) is 6.61 Å². The number of hydrogen-bond donors (Lipinski definition) is 0. The Balaban J connectivity index is 1.30. The standard InChI is InChI=1S/C25H19N3O4S2/c1-29-17-8-20(31-13-16-14-33-24(26-16)15-6-4-3-5-7-15)18-10-22(32-21(18)9-17)19-11-28-12-23(30-2)34-25(28)27-19/h3-12,14H,13H2,1-2H3. The lowest BCUT2D eigenvalue weighted by atomic mass is 10.2. The Kier molecular flexibility index (Phi) is 5.20. The van der Waals surface area contributed by atoms with Crippen LogP contribution in [0.1, 0.15) is 5.69 Å². The summed E-state index contributed by atoms with van der Waals surface area (Å²) in [6, 6.07) is 15.8. The number of methoxy groups -OCH3 is 2. The van der Waals surface area contributed by atoms with E-state index in [2.05, 4.69) is 17.1 Å². The second-order valence-corrected chi connectivity index (χ2v) is 9.35. The van der Waals surface area contributed by atoms with Gasteiger partial charge in [-0.1, -0.05) is 41.7 Å². The minimum absolute atomic E-state index is 0.339. The molecule has 9 heteroatoms. The lowest BCUT2D eigenvalue weighted by molar-refractivity contribution is 0.303. The Hall–Kier alpha value is -3.82. The second-order valence-electron chi connectivity index (χ2n) is 7.52. The first-order valence-corrected chi connectivity index (χ1v) is 12.2. The van der Waals surface area contributed by atoms with Crippen LogP contribution in [0.5, 0.6) is 16.6 Å². The molecule has 0 saturated heterocycles. The van der Waals surface area contributed by atoms with E-state index in [9.17, 15) is 0 Å². The van der Waals surface area contributed by atoms with Crippen molar-refractivity contribution in [3.05, 3.63) is 72.0 Å². The number of benzene rings is 2. The zero-order chi connectivity index (χ0) is 23.1. The van der Waals surface area contributed by atoms with E-state index in [-0.39, 0.29) is 0 Å². The fourth-order valence-electron chi connectivity index (χ4n) is 3.67. The number of ether oxygens (including phenoxy) is 3. The molecule has 0 bridgehead atoms. The highest BCUT2D eigenvalue weighted by atomic mass is 32.1. The number of rotatable bonds is 7. The first-order chi connectivity index (χ1) is 16.7. The molecule has 0 fully saturated rings. The summed E-state index contributed by atoms with van der Waals surface area (Å²) < 4.78 is 25.0. The maximum atomic E-state index is 6.18. The average Bonchev–Trinajstić information content (AvgIpc) is 3.65. The molecule has 0 N–H and O–H groups in total. The van der Waals surface area contributed by atoms with Gasteiger partial charge in [0.15, 0.2) is 15.8 Å². The van der Waals surface area contributed by atoms with Gasteiger partial charge in [-0.2, -0.15) is 0 Å². The summed E-state index contributed by atoms with van der Waals surface area (Å²) in [7, 11) is 3.27. The molecule has 0 aliphatic carbocycles. The molecule has 34 heavy (non-hydrogen) atoms. The van der Waals surface area contributed by atoms with Gasteiger partial charge in [0.05, 0.1) is 31.5 Å². The number of fused-ring (bicyclic) bond motifs is 2. The number of nitrogens with zero attached hydrogens (tertiary/aromatic N) is 3. The van der Waals surface area contributed by atoms with E-state index in [0.717, 1.165) is 37.4 Å². The average molecular weight is 490 g/mol. The summed E-state index contributed by atoms with van der Waals surface area (Å²) in [6.45, 7) is 0.339. The van der Waals surface area contributed by atoms with Gasteiger partial charge in [-0.15, -0.1) is 11.3 Å². The SMILES string of the molecule is COc1cc(OCc2csc(-c3ccccc3)n2)c2cc(-c3cn4cc(OC)sc4n3)oc2c1. The topological polar surface area (TPSA) is 71.0 Å². The van der Waals surface area contributed by atoms with Crippen LogP contribution >= 0.6 is 22.7 Å². The van der Waals surface area contributed by atoms with Gasteiger partial charge < -0.3 is 18.6 Å². The Morgan fingerprint density at radius 3 is 2.68 bits per heavy atom. The smallest absolute Gasteiger partial charge is 0.197 e. The van der Waals surface area contributed by atoms with Gasteiger partial charge in [0.2, 0.25) is 0 Å². The summed E-state index contributed by atoms with van der Waals surface area (Å²) in [5.41, 5.74) is 3.37. The van der Waals surface area contributed by atoms with Crippen molar-refractivity contribution in [1.29, 1.82) is 0 Å². The van der Waals surface area contributed by atoms with Crippen molar-refractivity contribution in [1.82, 2.24) is 14.4 Å². The van der Waals surface area contributed by atoms with Gasteiger partial charge >= 0.3 is 0 Å². The second kappa shape index (κ2) is 8.51. The third-order valence-electron chi connectivity index (χ3n) is 5.35. The Morgan fingerprint density at radius 1 is 1.00 bits per heavy atom. The van der Waals surface area contributed by atoms with E-state index in [1.165, 1.54) is 11.3 Å². The van der Waals surface area contributed by atoms with Crippen LogP contribution in [0.25, 0.3) is 38.0 Å². The number of thiazole rings is 2. The van der Waals surface area contributed by atoms with Gasteiger partial charge in [-0.25, -0.2) is 9.97 Å². The van der Waals surface area contributed by atoms with Crippen LogP contribution < -0.4 is 14.2 Å². The predicted molar refractivity (Wildman–Crippen MR) is 133 cm³/mol. The minimum atomic E-state index is 0.339. The minimum Gasteiger partial charge on any atom is -0.496 e. The molecule has 0 amide bonds. The molecule has 0 unspecified atom stereocenters. The summed E-state index contributed by atoms with van der Waals surface area (Å²) in [6.07, 6.45) is 3.82. The zero-order valence-corrected chi connectivity index (χ0v) is 20.0. The summed E-state index contributed by atoms with van der Waals surface area (Å²) in [4.78, 5) is 10.2. The maximum absolute atomic E-state index is 6.18. The molecule has 2 aromatic carbocycles. The number of furan rings is 1. The van der Waals surface area contributed by atoms with Crippen LogP contribution in [0.15, 0.2) is 70.7 Å². The van der Waals surface area contributed by atoms with E-state index < -0.39 is 0 Å². The van der Waals surface area contributed by atoms with Gasteiger partial charge in [-0.05, 0) is 6.07 Å². The van der Waals surface area contributed by atoms with Gasteiger partial charge in [-0.3, -0.25) is 4.40 Å². The summed E-state index contributed by atoms with van der Waals surface area (Å²) >= 11 is 3.08. The Labute approximate surface area is 202 Å².